The normalized spacial score (nSPS) is 24.0. The van der Waals surface area contributed by atoms with Gasteiger partial charge in [-0.2, -0.15) is 0 Å². The predicted octanol–water partition coefficient (Wildman–Crippen LogP) is 0.976. The summed E-state index contributed by atoms with van der Waals surface area (Å²) >= 11 is 0. The Morgan fingerprint density at radius 3 is 2.61 bits per heavy atom. The smallest absolute Gasteiger partial charge is 0.354 e. The molecule has 3 N–H and O–H groups in total. The molecule has 1 fully saturated rings. The van der Waals surface area contributed by atoms with Crippen molar-refractivity contribution in [3.8, 4) is 0 Å². The van der Waals surface area contributed by atoms with Crippen molar-refractivity contribution < 1.29 is 14.6 Å². The summed E-state index contributed by atoms with van der Waals surface area (Å²) in [6, 6.07) is 2.99. The molecule has 1 aliphatic heterocycles. The van der Waals surface area contributed by atoms with Crippen molar-refractivity contribution in [2.24, 2.45) is 0 Å². The molecule has 6 nitrogen and oxygen atoms in total. The Bertz CT molecular complexity index is 454. The second-order valence-corrected chi connectivity index (χ2v) is 4.58. The van der Waals surface area contributed by atoms with Gasteiger partial charge in [0.25, 0.3) is 0 Å². The number of carbonyl (C=O) groups is 1. The molecule has 0 radical (unpaired) electrons. The van der Waals surface area contributed by atoms with Crippen molar-refractivity contribution in [2.45, 2.75) is 26.1 Å². The van der Waals surface area contributed by atoms with E-state index >= 15 is 0 Å². The Hall–Kier alpha value is -1.82. The third-order valence-electron chi connectivity index (χ3n) is 2.84. The van der Waals surface area contributed by atoms with E-state index in [4.69, 9.17) is 15.6 Å². The van der Waals surface area contributed by atoms with Crippen LogP contribution in [0.2, 0.25) is 0 Å². The van der Waals surface area contributed by atoms with E-state index in [2.05, 4.69) is 4.98 Å². The summed E-state index contributed by atoms with van der Waals surface area (Å²) < 4.78 is 5.63. The number of anilines is 2. The molecule has 0 amide bonds. The van der Waals surface area contributed by atoms with E-state index in [0.717, 1.165) is 0 Å². The molecule has 0 spiro atoms. The first-order valence-electron chi connectivity index (χ1n) is 5.87. The minimum atomic E-state index is -1.05. The molecular weight excluding hydrogens is 234 g/mol. The Morgan fingerprint density at radius 2 is 2.06 bits per heavy atom. The van der Waals surface area contributed by atoms with Gasteiger partial charge in [0.1, 0.15) is 0 Å². The first kappa shape index (κ1) is 12.6. The van der Waals surface area contributed by atoms with Crippen LogP contribution < -0.4 is 10.6 Å². The number of aromatic carboxylic acids is 1. The molecule has 0 saturated carbocycles. The summed E-state index contributed by atoms with van der Waals surface area (Å²) in [5.74, 6) is -0.525. The number of nitrogens with zero attached hydrogens (tertiary/aromatic N) is 2. The zero-order valence-corrected chi connectivity index (χ0v) is 10.5. The van der Waals surface area contributed by atoms with E-state index < -0.39 is 5.97 Å². The van der Waals surface area contributed by atoms with Gasteiger partial charge in [-0.15, -0.1) is 0 Å². The lowest BCUT2D eigenvalue weighted by molar-refractivity contribution is -0.00541. The van der Waals surface area contributed by atoms with Gasteiger partial charge in [-0.3, -0.25) is 0 Å². The van der Waals surface area contributed by atoms with E-state index in [9.17, 15) is 4.79 Å². The van der Waals surface area contributed by atoms with Crippen LogP contribution in [0.1, 0.15) is 24.3 Å². The van der Waals surface area contributed by atoms with Crippen molar-refractivity contribution in [3.05, 3.63) is 17.8 Å². The fourth-order valence-electron chi connectivity index (χ4n) is 2.18. The molecule has 2 rings (SSSR count). The van der Waals surface area contributed by atoms with Crippen LogP contribution in [-0.4, -0.2) is 41.4 Å². The SMILES string of the molecule is C[C@@H]1CN(c2nc(C(=O)O)ccc2N)C[C@H](C)O1. The number of hydrogen-bond acceptors (Lipinski definition) is 5. The Morgan fingerprint density at radius 1 is 1.44 bits per heavy atom. The maximum Gasteiger partial charge on any atom is 0.354 e. The predicted molar refractivity (Wildman–Crippen MR) is 67.8 cm³/mol. The maximum absolute atomic E-state index is 10.9. The zero-order chi connectivity index (χ0) is 13.3. The van der Waals surface area contributed by atoms with Crippen LogP contribution in [0.3, 0.4) is 0 Å². The molecule has 1 aromatic heterocycles. The fraction of sp³-hybridized carbons (Fsp3) is 0.500. The van der Waals surface area contributed by atoms with Crippen LogP contribution in [-0.2, 0) is 4.74 Å². The maximum atomic E-state index is 10.9. The molecule has 2 heterocycles. The largest absolute Gasteiger partial charge is 0.477 e. The lowest BCUT2D eigenvalue weighted by Gasteiger charge is -2.36. The van der Waals surface area contributed by atoms with Crippen molar-refractivity contribution >= 4 is 17.5 Å². The third kappa shape index (κ3) is 2.53. The number of pyridine rings is 1. The summed E-state index contributed by atoms with van der Waals surface area (Å²) in [4.78, 5) is 17.0. The van der Waals surface area contributed by atoms with E-state index in [-0.39, 0.29) is 17.9 Å². The van der Waals surface area contributed by atoms with Gasteiger partial charge >= 0.3 is 5.97 Å². The number of nitrogen functional groups attached to an aromatic ring is 1. The van der Waals surface area contributed by atoms with E-state index in [1.165, 1.54) is 6.07 Å². The number of ether oxygens (including phenoxy) is 1. The highest BCUT2D eigenvalue weighted by Gasteiger charge is 2.25. The summed E-state index contributed by atoms with van der Waals surface area (Å²) in [6.07, 6.45) is 0.145. The third-order valence-corrected chi connectivity index (χ3v) is 2.84. The van der Waals surface area contributed by atoms with Gasteiger partial charge in [0.05, 0.1) is 17.9 Å². The van der Waals surface area contributed by atoms with E-state index in [1.807, 2.05) is 18.7 Å². The lowest BCUT2D eigenvalue weighted by atomic mass is 10.2. The fourth-order valence-corrected chi connectivity index (χ4v) is 2.18. The number of nitrogens with two attached hydrogens (primary N) is 1. The Labute approximate surface area is 105 Å². The molecular formula is C12H17N3O3. The second kappa shape index (κ2) is 4.81. The molecule has 0 bridgehead atoms. The Kier molecular flexibility index (Phi) is 3.38. The van der Waals surface area contributed by atoms with Crippen LogP contribution in [0, 0.1) is 0 Å². The minimum absolute atomic E-state index is 0.00555. The number of carboxylic acids is 1. The monoisotopic (exact) mass is 251 g/mol. The molecule has 0 unspecified atom stereocenters. The second-order valence-electron chi connectivity index (χ2n) is 4.58. The molecule has 0 aliphatic carbocycles. The van der Waals surface area contributed by atoms with E-state index in [0.29, 0.717) is 24.6 Å². The highest BCUT2D eigenvalue weighted by atomic mass is 16.5. The number of rotatable bonds is 2. The molecule has 0 aromatic carbocycles. The molecule has 1 aromatic rings. The van der Waals surface area contributed by atoms with Gasteiger partial charge in [-0.05, 0) is 26.0 Å². The van der Waals surface area contributed by atoms with Crippen molar-refractivity contribution in [2.75, 3.05) is 23.7 Å². The van der Waals surface area contributed by atoms with Gasteiger partial charge in [0.15, 0.2) is 11.5 Å². The number of hydrogen-bond donors (Lipinski definition) is 2. The summed E-state index contributed by atoms with van der Waals surface area (Å²) in [5, 5.41) is 8.96. The van der Waals surface area contributed by atoms with Crippen LogP contribution in [0.5, 0.6) is 0 Å². The summed E-state index contributed by atoms with van der Waals surface area (Å²) in [7, 11) is 0. The summed E-state index contributed by atoms with van der Waals surface area (Å²) in [5.41, 5.74) is 6.37. The first-order valence-corrected chi connectivity index (χ1v) is 5.87. The standard InChI is InChI=1S/C12H17N3O3/c1-7-5-15(6-8(2)18-7)11-9(13)3-4-10(14-11)12(16)17/h3-4,7-8H,5-6,13H2,1-2H3,(H,16,17)/t7-,8+. The summed E-state index contributed by atoms with van der Waals surface area (Å²) in [6.45, 7) is 5.26. The van der Waals surface area contributed by atoms with Gasteiger partial charge in [-0.25, -0.2) is 9.78 Å². The number of carboxylic acid groups (broad SMARTS) is 1. The molecule has 2 atom stereocenters. The van der Waals surface area contributed by atoms with Crippen LogP contribution in [0.15, 0.2) is 12.1 Å². The molecule has 98 valence electrons. The van der Waals surface area contributed by atoms with Crippen LogP contribution >= 0.6 is 0 Å². The Balaban J connectivity index is 2.31. The zero-order valence-electron chi connectivity index (χ0n) is 10.5. The minimum Gasteiger partial charge on any atom is -0.477 e. The highest BCUT2D eigenvalue weighted by Crippen LogP contribution is 2.24. The molecule has 18 heavy (non-hydrogen) atoms. The van der Waals surface area contributed by atoms with Gasteiger partial charge in [0.2, 0.25) is 0 Å². The van der Waals surface area contributed by atoms with Crippen LogP contribution in [0.25, 0.3) is 0 Å². The van der Waals surface area contributed by atoms with Gasteiger partial charge in [-0.1, -0.05) is 0 Å². The molecule has 1 saturated heterocycles. The molecule has 1 aliphatic rings. The van der Waals surface area contributed by atoms with Crippen LogP contribution in [0.4, 0.5) is 11.5 Å². The van der Waals surface area contributed by atoms with Gasteiger partial charge in [0, 0.05) is 13.1 Å². The highest BCUT2D eigenvalue weighted by molar-refractivity contribution is 5.87. The topological polar surface area (TPSA) is 88.7 Å². The quantitative estimate of drug-likeness (QED) is 0.814. The van der Waals surface area contributed by atoms with Crippen molar-refractivity contribution in [1.29, 1.82) is 0 Å². The van der Waals surface area contributed by atoms with Crippen molar-refractivity contribution in [1.82, 2.24) is 4.98 Å². The average molecular weight is 251 g/mol. The average Bonchev–Trinajstić information content (AvgIpc) is 2.27. The number of aromatic nitrogens is 1. The first-order chi connectivity index (χ1) is 8.47. The van der Waals surface area contributed by atoms with E-state index in [1.54, 1.807) is 6.07 Å². The molecule has 6 heteroatoms. The van der Waals surface area contributed by atoms with Gasteiger partial charge < -0.3 is 20.5 Å². The number of morpholine rings is 1. The van der Waals surface area contributed by atoms with Crippen molar-refractivity contribution in [3.63, 3.8) is 0 Å². The lowest BCUT2D eigenvalue weighted by Crippen LogP contribution is -2.46.